The van der Waals surface area contributed by atoms with Gasteiger partial charge in [0.15, 0.2) is 0 Å². The van der Waals surface area contributed by atoms with Crippen molar-refractivity contribution in [2.45, 2.75) is 11.6 Å². The third-order valence-electron chi connectivity index (χ3n) is 1.91. The molecule has 70 valence electrons. The van der Waals surface area contributed by atoms with Gasteiger partial charge in [-0.05, 0) is 15.9 Å². The fraction of sp³-hybridized carbons (Fsp3) is 0.429. The Balaban J connectivity index is 2.25. The highest BCUT2D eigenvalue weighted by Gasteiger charge is 2.26. The van der Waals surface area contributed by atoms with Crippen LogP contribution >= 0.6 is 27.7 Å². The van der Waals surface area contributed by atoms with Crippen LogP contribution in [0.1, 0.15) is 0 Å². The molecule has 1 aliphatic heterocycles. The monoisotopic (exact) mass is 262 g/mol. The molecule has 0 aromatic carbocycles. The first-order chi connectivity index (χ1) is 6.18. The van der Waals surface area contributed by atoms with Crippen molar-refractivity contribution in [1.29, 1.82) is 0 Å². The smallest absolute Gasteiger partial charge is 0.309 e. The SMILES string of the molecule is O=C(O)C1CSc2c(Br)cnn2C1. The molecule has 1 unspecified atom stereocenters. The van der Waals surface area contributed by atoms with E-state index in [1.54, 1.807) is 10.9 Å². The van der Waals surface area contributed by atoms with Crippen molar-refractivity contribution in [2.24, 2.45) is 5.92 Å². The first-order valence-corrected chi connectivity index (χ1v) is 5.53. The zero-order chi connectivity index (χ0) is 9.42. The molecule has 1 aliphatic rings. The first kappa shape index (κ1) is 9.08. The summed E-state index contributed by atoms with van der Waals surface area (Å²) in [6, 6.07) is 0. The normalized spacial score (nSPS) is 21.2. The van der Waals surface area contributed by atoms with Crippen molar-refractivity contribution in [3.63, 3.8) is 0 Å². The molecule has 0 radical (unpaired) electrons. The number of aromatic nitrogens is 2. The van der Waals surface area contributed by atoms with Gasteiger partial charge in [0.05, 0.1) is 23.1 Å². The summed E-state index contributed by atoms with van der Waals surface area (Å²) in [4.78, 5) is 10.7. The third-order valence-corrected chi connectivity index (χ3v) is 4.03. The van der Waals surface area contributed by atoms with Crippen LogP contribution in [0.5, 0.6) is 0 Å². The van der Waals surface area contributed by atoms with Crippen LogP contribution in [0.3, 0.4) is 0 Å². The summed E-state index contributed by atoms with van der Waals surface area (Å²) < 4.78 is 2.68. The Kier molecular flexibility index (Phi) is 2.33. The minimum absolute atomic E-state index is 0.315. The molecule has 0 amide bonds. The van der Waals surface area contributed by atoms with E-state index in [0.717, 1.165) is 9.50 Å². The van der Waals surface area contributed by atoms with Crippen LogP contribution in [-0.4, -0.2) is 26.6 Å². The van der Waals surface area contributed by atoms with Gasteiger partial charge in [-0.15, -0.1) is 11.8 Å². The van der Waals surface area contributed by atoms with Gasteiger partial charge < -0.3 is 5.11 Å². The average Bonchev–Trinajstić information content (AvgIpc) is 2.47. The molecule has 1 aromatic rings. The van der Waals surface area contributed by atoms with E-state index < -0.39 is 5.97 Å². The van der Waals surface area contributed by atoms with Crippen molar-refractivity contribution in [3.05, 3.63) is 10.7 Å². The predicted molar refractivity (Wildman–Crippen MR) is 51.8 cm³/mol. The number of hydrogen-bond donors (Lipinski definition) is 1. The summed E-state index contributed by atoms with van der Waals surface area (Å²) in [7, 11) is 0. The van der Waals surface area contributed by atoms with Crippen LogP contribution in [0.2, 0.25) is 0 Å². The van der Waals surface area contributed by atoms with Gasteiger partial charge in [-0.2, -0.15) is 5.10 Å². The summed E-state index contributed by atoms with van der Waals surface area (Å²) in [6.07, 6.45) is 1.70. The van der Waals surface area contributed by atoms with E-state index in [0.29, 0.717) is 12.3 Å². The van der Waals surface area contributed by atoms with Crippen molar-refractivity contribution in [2.75, 3.05) is 5.75 Å². The highest BCUT2D eigenvalue weighted by Crippen LogP contribution is 2.33. The Morgan fingerprint density at radius 2 is 2.62 bits per heavy atom. The number of carboxylic acids is 1. The van der Waals surface area contributed by atoms with E-state index in [9.17, 15) is 4.79 Å². The molecule has 1 atom stereocenters. The largest absolute Gasteiger partial charge is 0.481 e. The number of aliphatic carboxylic acids is 1. The maximum atomic E-state index is 10.7. The van der Waals surface area contributed by atoms with Crippen molar-refractivity contribution in [3.8, 4) is 0 Å². The van der Waals surface area contributed by atoms with E-state index in [-0.39, 0.29) is 5.92 Å². The number of halogens is 1. The molecule has 0 saturated heterocycles. The number of carbonyl (C=O) groups is 1. The summed E-state index contributed by atoms with van der Waals surface area (Å²) in [5.74, 6) is -0.436. The molecule has 4 nitrogen and oxygen atoms in total. The Labute approximate surface area is 87.4 Å². The molecule has 1 aromatic heterocycles. The van der Waals surface area contributed by atoms with Crippen molar-refractivity contribution < 1.29 is 9.90 Å². The van der Waals surface area contributed by atoms with Crippen LogP contribution < -0.4 is 0 Å². The second kappa shape index (κ2) is 3.34. The fourth-order valence-corrected chi connectivity index (χ4v) is 2.92. The minimum atomic E-state index is -0.746. The zero-order valence-corrected chi connectivity index (χ0v) is 9.01. The molecular weight excluding hydrogens is 256 g/mol. The highest BCUT2D eigenvalue weighted by atomic mass is 79.9. The maximum absolute atomic E-state index is 10.7. The van der Waals surface area contributed by atoms with Gasteiger partial charge in [-0.25, -0.2) is 0 Å². The lowest BCUT2D eigenvalue weighted by Crippen LogP contribution is -2.26. The zero-order valence-electron chi connectivity index (χ0n) is 6.61. The second-order valence-electron chi connectivity index (χ2n) is 2.83. The second-order valence-corrected chi connectivity index (χ2v) is 4.69. The first-order valence-electron chi connectivity index (χ1n) is 3.75. The molecule has 6 heteroatoms. The van der Waals surface area contributed by atoms with Crippen molar-refractivity contribution in [1.82, 2.24) is 9.78 Å². The Morgan fingerprint density at radius 1 is 1.85 bits per heavy atom. The van der Waals surface area contributed by atoms with E-state index in [1.165, 1.54) is 11.8 Å². The third kappa shape index (κ3) is 1.60. The molecule has 0 fully saturated rings. The summed E-state index contributed by atoms with van der Waals surface area (Å²) in [5.41, 5.74) is 0. The van der Waals surface area contributed by atoms with Crippen LogP contribution in [0.15, 0.2) is 15.7 Å². The molecular formula is C7H7BrN2O2S. The minimum Gasteiger partial charge on any atom is -0.481 e. The molecule has 0 saturated carbocycles. The van der Waals surface area contributed by atoms with Gasteiger partial charge in [0.25, 0.3) is 0 Å². The maximum Gasteiger partial charge on any atom is 0.309 e. The van der Waals surface area contributed by atoms with Crippen LogP contribution in [0, 0.1) is 5.92 Å². The molecule has 2 rings (SSSR count). The fourth-order valence-electron chi connectivity index (χ4n) is 1.22. The molecule has 1 N–H and O–H groups in total. The highest BCUT2D eigenvalue weighted by molar-refractivity contribution is 9.10. The lowest BCUT2D eigenvalue weighted by molar-refractivity contribution is -0.141. The lowest BCUT2D eigenvalue weighted by atomic mass is 10.2. The number of thioether (sulfide) groups is 1. The molecule has 0 spiro atoms. The van der Waals surface area contributed by atoms with Crippen LogP contribution in [0.25, 0.3) is 0 Å². The molecule has 0 bridgehead atoms. The number of carboxylic acid groups (broad SMARTS) is 1. The number of hydrogen-bond acceptors (Lipinski definition) is 3. The topological polar surface area (TPSA) is 55.1 Å². The van der Waals surface area contributed by atoms with Gasteiger partial charge in [-0.1, -0.05) is 0 Å². The summed E-state index contributed by atoms with van der Waals surface area (Å²) in [6.45, 7) is 0.475. The van der Waals surface area contributed by atoms with Gasteiger partial charge in [0, 0.05) is 5.75 Å². The van der Waals surface area contributed by atoms with Gasteiger partial charge in [0.1, 0.15) is 5.03 Å². The summed E-state index contributed by atoms with van der Waals surface area (Å²) in [5, 5.41) is 13.9. The van der Waals surface area contributed by atoms with Crippen LogP contribution in [0.4, 0.5) is 0 Å². The van der Waals surface area contributed by atoms with E-state index >= 15 is 0 Å². The van der Waals surface area contributed by atoms with E-state index in [1.807, 2.05) is 0 Å². The average molecular weight is 263 g/mol. The molecule has 0 aliphatic carbocycles. The van der Waals surface area contributed by atoms with E-state index in [2.05, 4.69) is 21.0 Å². The predicted octanol–water partition coefficient (Wildman–Crippen LogP) is 1.45. The molecule has 2 heterocycles. The quantitative estimate of drug-likeness (QED) is 0.833. The lowest BCUT2D eigenvalue weighted by Gasteiger charge is -2.19. The van der Waals surface area contributed by atoms with Gasteiger partial charge in [0.2, 0.25) is 0 Å². The van der Waals surface area contributed by atoms with Gasteiger partial charge in [-0.3, -0.25) is 9.48 Å². The number of nitrogens with zero attached hydrogens (tertiary/aromatic N) is 2. The van der Waals surface area contributed by atoms with Crippen molar-refractivity contribution >= 4 is 33.7 Å². The van der Waals surface area contributed by atoms with Gasteiger partial charge >= 0.3 is 5.97 Å². The number of fused-ring (bicyclic) bond motifs is 1. The number of rotatable bonds is 1. The summed E-state index contributed by atoms with van der Waals surface area (Å²) >= 11 is 4.89. The standard InChI is InChI=1S/C7H7BrN2O2S/c8-5-1-9-10-2-4(7(11)12)3-13-6(5)10/h1,4H,2-3H2,(H,11,12). The van der Waals surface area contributed by atoms with E-state index in [4.69, 9.17) is 5.11 Å². The van der Waals surface area contributed by atoms with Crippen LogP contribution in [-0.2, 0) is 11.3 Å². The Morgan fingerprint density at radius 3 is 3.31 bits per heavy atom. The Hall–Kier alpha value is -0.490. The molecule has 13 heavy (non-hydrogen) atoms. The Bertz CT molecular complexity index is 352.